The van der Waals surface area contributed by atoms with E-state index < -0.39 is 5.91 Å². The highest BCUT2D eigenvalue weighted by Crippen LogP contribution is 2.37. The molecule has 1 amide bonds. The predicted octanol–water partition coefficient (Wildman–Crippen LogP) is 3.01. The molecule has 2 rings (SSSR count). The van der Waals surface area contributed by atoms with Crippen molar-refractivity contribution in [1.29, 1.82) is 0 Å². The molecule has 0 spiro atoms. The van der Waals surface area contributed by atoms with E-state index in [9.17, 15) is 9.59 Å². The van der Waals surface area contributed by atoms with E-state index in [4.69, 9.17) is 11.5 Å². The number of nitrogen functional groups attached to an aromatic ring is 1. The van der Waals surface area contributed by atoms with E-state index in [1.165, 1.54) is 37.5 Å². The second-order valence-electron chi connectivity index (χ2n) is 5.92. The minimum Gasteiger partial charge on any atom is -0.397 e. The summed E-state index contributed by atoms with van der Waals surface area (Å²) >= 11 is 1.24. The average Bonchev–Trinajstić information content (AvgIpc) is 2.58. The summed E-state index contributed by atoms with van der Waals surface area (Å²) < 4.78 is 0. The van der Waals surface area contributed by atoms with E-state index in [1.54, 1.807) is 0 Å². The molecular formula is C15H23N3O2S. The Kier molecular flexibility index (Phi) is 4.88. The first-order chi connectivity index (χ1) is 9.90. The van der Waals surface area contributed by atoms with Crippen molar-refractivity contribution in [3.05, 3.63) is 10.4 Å². The monoisotopic (exact) mass is 309 g/mol. The third-order valence-corrected chi connectivity index (χ3v) is 5.34. The molecule has 1 aliphatic rings. The molecular weight excluding hydrogens is 286 g/mol. The summed E-state index contributed by atoms with van der Waals surface area (Å²) in [5, 5.41) is 4.04. The van der Waals surface area contributed by atoms with Crippen LogP contribution in [0.3, 0.4) is 0 Å². The quantitative estimate of drug-likeness (QED) is 0.588. The highest BCUT2D eigenvalue weighted by Gasteiger charge is 2.25. The van der Waals surface area contributed by atoms with Gasteiger partial charge < -0.3 is 16.8 Å². The minimum absolute atomic E-state index is 0.137. The standard InChI is InChI=1S/C15H23N3O2S/c1-8-4-3-5-10(7-6-8)18-15-11(14(17)20)12(16)13(21-15)9(2)19/h8,10,18H,3-7,16H2,1-2H3,(H2,17,20). The fourth-order valence-electron chi connectivity index (χ4n) is 2.87. The molecule has 0 radical (unpaired) electrons. The van der Waals surface area contributed by atoms with Gasteiger partial charge in [0.2, 0.25) is 0 Å². The number of Topliss-reactive ketones (excluding diaryl/α,β-unsaturated/α-hetero) is 1. The Morgan fingerprint density at radius 3 is 2.57 bits per heavy atom. The van der Waals surface area contributed by atoms with E-state index >= 15 is 0 Å². The van der Waals surface area contributed by atoms with Gasteiger partial charge >= 0.3 is 0 Å². The van der Waals surface area contributed by atoms with Gasteiger partial charge in [-0.15, -0.1) is 11.3 Å². The van der Waals surface area contributed by atoms with Gasteiger partial charge in [-0.05, 0) is 25.2 Å². The van der Waals surface area contributed by atoms with Crippen LogP contribution in [-0.4, -0.2) is 17.7 Å². The number of hydrogen-bond donors (Lipinski definition) is 3. The molecule has 0 bridgehead atoms. The van der Waals surface area contributed by atoms with E-state index in [-0.39, 0.29) is 17.0 Å². The number of ketones is 1. The third-order valence-electron chi connectivity index (χ3n) is 4.10. The maximum Gasteiger partial charge on any atom is 0.253 e. The van der Waals surface area contributed by atoms with Crippen molar-refractivity contribution in [2.75, 3.05) is 11.1 Å². The first-order valence-corrected chi connectivity index (χ1v) is 8.21. The average molecular weight is 309 g/mol. The van der Waals surface area contributed by atoms with Gasteiger partial charge in [0, 0.05) is 13.0 Å². The second kappa shape index (κ2) is 6.47. The fraction of sp³-hybridized carbons (Fsp3) is 0.600. The van der Waals surface area contributed by atoms with E-state index in [0.29, 0.717) is 15.9 Å². The molecule has 5 N–H and O–H groups in total. The fourth-order valence-corrected chi connectivity index (χ4v) is 3.97. The maximum absolute atomic E-state index is 11.6. The lowest BCUT2D eigenvalue weighted by atomic mass is 10.0. The van der Waals surface area contributed by atoms with Crippen LogP contribution < -0.4 is 16.8 Å². The molecule has 1 heterocycles. The lowest BCUT2D eigenvalue weighted by Gasteiger charge is -2.17. The molecule has 1 aliphatic carbocycles. The number of nitrogens with two attached hydrogens (primary N) is 2. The summed E-state index contributed by atoms with van der Waals surface area (Å²) in [6.07, 6.45) is 5.71. The Morgan fingerprint density at radius 1 is 1.24 bits per heavy atom. The summed E-state index contributed by atoms with van der Waals surface area (Å²) in [5.74, 6) is 0.0249. The van der Waals surface area contributed by atoms with Crippen LogP contribution in [0, 0.1) is 5.92 Å². The molecule has 1 aromatic heterocycles. The Morgan fingerprint density at radius 2 is 1.95 bits per heavy atom. The van der Waals surface area contributed by atoms with E-state index in [1.807, 2.05) is 0 Å². The Labute approximate surface area is 129 Å². The van der Waals surface area contributed by atoms with Crippen LogP contribution in [0.5, 0.6) is 0 Å². The number of hydrogen-bond acceptors (Lipinski definition) is 5. The summed E-state index contributed by atoms with van der Waals surface area (Å²) in [7, 11) is 0. The van der Waals surface area contributed by atoms with Crippen molar-refractivity contribution < 1.29 is 9.59 Å². The van der Waals surface area contributed by atoms with Gasteiger partial charge in [-0.1, -0.05) is 19.8 Å². The number of amides is 1. The predicted molar refractivity (Wildman–Crippen MR) is 86.9 cm³/mol. The summed E-state index contributed by atoms with van der Waals surface area (Å²) in [6.45, 7) is 3.72. The molecule has 0 saturated heterocycles. The molecule has 6 heteroatoms. The largest absolute Gasteiger partial charge is 0.397 e. The minimum atomic E-state index is -0.583. The van der Waals surface area contributed by atoms with Gasteiger partial charge in [-0.3, -0.25) is 9.59 Å². The van der Waals surface area contributed by atoms with Crippen molar-refractivity contribution in [2.45, 2.75) is 52.0 Å². The molecule has 21 heavy (non-hydrogen) atoms. The normalized spacial score (nSPS) is 22.6. The Hall–Kier alpha value is -1.56. The third kappa shape index (κ3) is 3.56. The molecule has 116 valence electrons. The van der Waals surface area contributed by atoms with Gasteiger partial charge in [-0.2, -0.15) is 0 Å². The maximum atomic E-state index is 11.6. The van der Waals surface area contributed by atoms with Gasteiger partial charge in [0.05, 0.1) is 16.1 Å². The number of thiophene rings is 1. The SMILES string of the molecule is CC(=O)c1sc(NC2CCCC(C)CC2)c(C(N)=O)c1N. The van der Waals surface area contributed by atoms with Crippen molar-refractivity contribution in [2.24, 2.45) is 11.7 Å². The number of primary amides is 1. The van der Waals surface area contributed by atoms with Gasteiger partial charge in [0.25, 0.3) is 5.91 Å². The van der Waals surface area contributed by atoms with Gasteiger partial charge in [-0.25, -0.2) is 0 Å². The molecule has 2 atom stereocenters. The zero-order chi connectivity index (χ0) is 15.6. The van der Waals surface area contributed by atoms with Gasteiger partial charge in [0.15, 0.2) is 5.78 Å². The summed E-state index contributed by atoms with van der Waals surface area (Å²) in [4.78, 5) is 23.6. The number of anilines is 2. The van der Waals surface area contributed by atoms with Crippen molar-refractivity contribution in [3.8, 4) is 0 Å². The van der Waals surface area contributed by atoms with Crippen LogP contribution in [0.1, 0.15) is 66.0 Å². The zero-order valence-electron chi connectivity index (χ0n) is 12.6. The van der Waals surface area contributed by atoms with Crippen molar-refractivity contribution >= 4 is 33.7 Å². The summed E-state index contributed by atoms with van der Waals surface area (Å²) in [6, 6.07) is 0.311. The second-order valence-corrected chi connectivity index (χ2v) is 6.94. The smallest absolute Gasteiger partial charge is 0.253 e. The molecule has 1 aromatic rings. The van der Waals surface area contributed by atoms with Crippen LogP contribution in [-0.2, 0) is 0 Å². The molecule has 1 fully saturated rings. The molecule has 0 aromatic carbocycles. The number of nitrogens with one attached hydrogen (secondary N) is 1. The lowest BCUT2D eigenvalue weighted by molar-refractivity contribution is 0.100. The molecule has 1 saturated carbocycles. The van der Waals surface area contributed by atoms with Crippen LogP contribution in [0.4, 0.5) is 10.7 Å². The van der Waals surface area contributed by atoms with Crippen molar-refractivity contribution in [3.63, 3.8) is 0 Å². The highest BCUT2D eigenvalue weighted by molar-refractivity contribution is 7.19. The summed E-state index contributed by atoms with van der Waals surface area (Å²) in [5.41, 5.74) is 11.8. The van der Waals surface area contributed by atoms with E-state index in [0.717, 1.165) is 18.8 Å². The Balaban J connectivity index is 2.24. The molecule has 0 aliphatic heterocycles. The van der Waals surface area contributed by atoms with Crippen LogP contribution in [0.2, 0.25) is 0 Å². The van der Waals surface area contributed by atoms with Crippen LogP contribution in [0.15, 0.2) is 0 Å². The Bertz CT molecular complexity index is 553. The zero-order valence-corrected chi connectivity index (χ0v) is 13.4. The number of carbonyl (C=O) groups excluding carboxylic acids is 2. The lowest BCUT2D eigenvalue weighted by Crippen LogP contribution is -2.21. The first-order valence-electron chi connectivity index (χ1n) is 7.39. The number of carbonyl (C=O) groups is 2. The highest BCUT2D eigenvalue weighted by atomic mass is 32.1. The molecule has 5 nitrogen and oxygen atoms in total. The first kappa shape index (κ1) is 15.8. The molecule has 2 unspecified atom stereocenters. The van der Waals surface area contributed by atoms with Crippen molar-refractivity contribution in [1.82, 2.24) is 0 Å². The van der Waals surface area contributed by atoms with Gasteiger partial charge in [0.1, 0.15) is 5.00 Å². The van der Waals surface area contributed by atoms with Crippen LogP contribution >= 0.6 is 11.3 Å². The number of rotatable bonds is 4. The van der Waals surface area contributed by atoms with Crippen LogP contribution in [0.25, 0.3) is 0 Å². The topological polar surface area (TPSA) is 98.2 Å². The van der Waals surface area contributed by atoms with E-state index in [2.05, 4.69) is 12.2 Å².